The van der Waals surface area contributed by atoms with Crippen molar-refractivity contribution in [2.24, 2.45) is 11.3 Å². The molecule has 166 valence electrons. The first-order chi connectivity index (χ1) is 12.6. The third-order valence-electron chi connectivity index (χ3n) is 4.83. The van der Waals surface area contributed by atoms with Crippen LogP contribution in [0.2, 0.25) is 0 Å². The zero-order valence-corrected chi connectivity index (χ0v) is 19.9. The van der Waals surface area contributed by atoms with E-state index in [0.717, 1.165) is 19.3 Å². The van der Waals surface area contributed by atoms with Crippen LogP contribution in [-0.4, -0.2) is 42.7 Å². The molecule has 0 aliphatic carbocycles. The molecular weight excluding hydrogens is 354 g/mol. The highest BCUT2D eigenvalue weighted by molar-refractivity contribution is 5.80. The van der Waals surface area contributed by atoms with E-state index >= 15 is 0 Å². The first-order valence-electron chi connectivity index (χ1n) is 10.7. The smallest absolute Gasteiger partial charge is 0.220 e. The molecule has 5 heteroatoms. The number of ketones is 1. The van der Waals surface area contributed by atoms with Crippen molar-refractivity contribution < 1.29 is 19.1 Å². The minimum Gasteiger partial charge on any atom is -0.375 e. The molecule has 5 nitrogen and oxygen atoms in total. The van der Waals surface area contributed by atoms with Crippen LogP contribution in [0.25, 0.3) is 0 Å². The first-order valence-corrected chi connectivity index (χ1v) is 10.7. The Morgan fingerprint density at radius 2 is 1.32 bits per heavy atom. The van der Waals surface area contributed by atoms with Gasteiger partial charge in [0.2, 0.25) is 5.91 Å². The van der Waals surface area contributed by atoms with Crippen molar-refractivity contribution >= 4 is 11.7 Å². The highest BCUT2D eigenvalue weighted by Gasteiger charge is 2.23. The van der Waals surface area contributed by atoms with Crippen LogP contribution < -0.4 is 5.32 Å². The lowest BCUT2D eigenvalue weighted by atomic mass is 9.90. The van der Waals surface area contributed by atoms with E-state index in [1.54, 1.807) is 0 Å². The standard InChI is InChI=1S/C23H45NO4/c1-18(2)19(25)11-16-27-23(8,9)14-17-28-22(6,7)13-15-24-20(26)10-12-21(3,4)5/h18H,10-17H2,1-9H3,(H,24,26). The monoisotopic (exact) mass is 399 g/mol. The molecule has 1 amide bonds. The number of hydrogen-bond donors (Lipinski definition) is 1. The Morgan fingerprint density at radius 3 is 1.86 bits per heavy atom. The molecule has 1 N–H and O–H groups in total. The molecule has 0 aromatic carbocycles. The van der Waals surface area contributed by atoms with Crippen molar-refractivity contribution in [1.29, 1.82) is 0 Å². The predicted molar refractivity (Wildman–Crippen MR) is 115 cm³/mol. The van der Waals surface area contributed by atoms with E-state index in [4.69, 9.17) is 9.47 Å². The van der Waals surface area contributed by atoms with Gasteiger partial charge in [-0.1, -0.05) is 34.6 Å². The van der Waals surface area contributed by atoms with E-state index in [9.17, 15) is 9.59 Å². The third-order valence-corrected chi connectivity index (χ3v) is 4.83. The van der Waals surface area contributed by atoms with Crippen molar-refractivity contribution in [2.75, 3.05) is 19.8 Å². The number of hydrogen-bond acceptors (Lipinski definition) is 4. The number of Topliss-reactive ketones (excluding diaryl/α,β-unsaturated/α-hetero) is 1. The summed E-state index contributed by atoms with van der Waals surface area (Å²) in [5, 5.41) is 2.99. The number of amides is 1. The predicted octanol–water partition coefficient (Wildman–Crippen LogP) is 4.91. The van der Waals surface area contributed by atoms with Crippen molar-refractivity contribution in [3.05, 3.63) is 0 Å². The molecule has 0 rings (SSSR count). The van der Waals surface area contributed by atoms with Gasteiger partial charge in [0.05, 0.1) is 24.4 Å². The number of carbonyl (C=O) groups excluding carboxylic acids is 2. The summed E-state index contributed by atoms with van der Waals surface area (Å²) >= 11 is 0. The zero-order chi connectivity index (χ0) is 22.0. The molecule has 0 heterocycles. The molecule has 0 radical (unpaired) electrons. The van der Waals surface area contributed by atoms with Gasteiger partial charge in [-0.3, -0.25) is 9.59 Å². The fourth-order valence-electron chi connectivity index (χ4n) is 2.51. The van der Waals surface area contributed by atoms with Crippen LogP contribution in [0.15, 0.2) is 0 Å². The normalized spacial score (nSPS) is 13.1. The van der Waals surface area contributed by atoms with Gasteiger partial charge < -0.3 is 14.8 Å². The van der Waals surface area contributed by atoms with Crippen molar-refractivity contribution in [3.63, 3.8) is 0 Å². The minimum absolute atomic E-state index is 0.0600. The second-order valence-corrected chi connectivity index (χ2v) is 10.5. The fraction of sp³-hybridized carbons (Fsp3) is 0.913. The zero-order valence-electron chi connectivity index (χ0n) is 19.9. The average Bonchev–Trinajstić information content (AvgIpc) is 2.51. The van der Waals surface area contributed by atoms with E-state index in [0.29, 0.717) is 32.6 Å². The summed E-state index contributed by atoms with van der Waals surface area (Å²) in [7, 11) is 0. The SMILES string of the molecule is CC(C)C(=O)CCOC(C)(C)CCOC(C)(C)CCNC(=O)CCC(C)(C)C. The van der Waals surface area contributed by atoms with Crippen LogP contribution in [0.4, 0.5) is 0 Å². The third kappa shape index (κ3) is 15.0. The molecule has 0 saturated carbocycles. The Morgan fingerprint density at radius 1 is 0.786 bits per heavy atom. The molecule has 0 aromatic rings. The average molecular weight is 400 g/mol. The molecular formula is C23H45NO4. The summed E-state index contributed by atoms with van der Waals surface area (Å²) in [6.45, 7) is 20.0. The van der Waals surface area contributed by atoms with E-state index in [-0.39, 0.29) is 34.2 Å². The van der Waals surface area contributed by atoms with Gasteiger partial charge in [-0.25, -0.2) is 0 Å². The molecule has 0 aliphatic heterocycles. The fourth-order valence-corrected chi connectivity index (χ4v) is 2.51. The quantitative estimate of drug-likeness (QED) is 0.450. The number of ether oxygens (including phenoxy) is 2. The molecule has 0 aromatic heterocycles. The molecule has 0 spiro atoms. The summed E-state index contributed by atoms with van der Waals surface area (Å²) in [5.74, 6) is 0.402. The lowest BCUT2D eigenvalue weighted by Gasteiger charge is -2.30. The molecule has 0 fully saturated rings. The maximum atomic E-state index is 11.9. The van der Waals surface area contributed by atoms with E-state index in [1.807, 2.05) is 41.5 Å². The molecule has 0 saturated heterocycles. The van der Waals surface area contributed by atoms with Gasteiger partial charge in [-0.15, -0.1) is 0 Å². The van der Waals surface area contributed by atoms with Gasteiger partial charge in [-0.2, -0.15) is 0 Å². The summed E-state index contributed by atoms with van der Waals surface area (Å²) in [6.07, 6.45) is 3.43. The Labute approximate surface area is 173 Å². The highest BCUT2D eigenvalue weighted by atomic mass is 16.5. The van der Waals surface area contributed by atoms with Crippen molar-refractivity contribution in [2.45, 2.75) is 106 Å². The van der Waals surface area contributed by atoms with Crippen LogP contribution >= 0.6 is 0 Å². The Balaban J connectivity index is 4.04. The minimum atomic E-state index is -0.325. The van der Waals surface area contributed by atoms with Crippen LogP contribution in [0.3, 0.4) is 0 Å². The largest absolute Gasteiger partial charge is 0.375 e. The second kappa shape index (κ2) is 11.9. The maximum absolute atomic E-state index is 11.9. The number of rotatable bonds is 14. The van der Waals surface area contributed by atoms with Gasteiger partial charge in [0, 0.05) is 25.3 Å². The first kappa shape index (κ1) is 27.1. The topological polar surface area (TPSA) is 64.6 Å². The van der Waals surface area contributed by atoms with Crippen LogP contribution in [0.1, 0.15) is 94.4 Å². The summed E-state index contributed by atoms with van der Waals surface area (Å²) in [5.41, 5.74) is -0.452. The molecule has 0 aliphatic rings. The van der Waals surface area contributed by atoms with Gasteiger partial charge in [0.1, 0.15) is 5.78 Å². The lowest BCUT2D eigenvalue weighted by Crippen LogP contribution is -2.35. The van der Waals surface area contributed by atoms with Gasteiger partial charge in [0.15, 0.2) is 0 Å². The summed E-state index contributed by atoms with van der Waals surface area (Å²) in [4.78, 5) is 23.6. The van der Waals surface area contributed by atoms with Gasteiger partial charge >= 0.3 is 0 Å². The van der Waals surface area contributed by atoms with Crippen molar-refractivity contribution in [3.8, 4) is 0 Å². The highest BCUT2D eigenvalue weighted by Crippen LogP contribution is 2.21. The Hall–Kier alpha value is -0.940. The van der Waals surface area contributed by atoms with Crippen LogP contribution in [-0.2, 0) is 19.1 Å². The molecule has 0 unspecified atom stereocenters. The van der Waals surface area contributed by atoms with Crippen molar-refractivity contribution in [1.82, 2.24) is 5.32 Å². The maximum Gasteiger partial charge on any atom is 0.220 e. The van der Waals surface area contributed by atoms with E-state index < -0.39 is 0 Å². The second-order valence-electron chi connectivity index (χ2n) is 10.5. The molecule has 28 heavy (non-hydrogen) atoms. The summed E-state index contributed by atoms with van der Waals surface area (Å²) in [6, 6.07) is 0. The van der Waals surface area contributed by atoms with Crippen LogP contribution in [0, 0.1) is 11.3 Å². The Bertz CT molecular complexity index is 475. The number of nitrogens with one attached hydrogen (secondary N) is 1. The summed E-state index contributed by atoms with van der Waals surface area (Å²) < 4.78 is 11.9. The van der Waals surface area contributed by atoms with E-state index in [2.05, 4.69) is 26.1 Å². The number of carbonyl (C=O) groups is 2. The van der Waals surface area contributed by atoms with E-state index in [1.165, 1.54) is 0 Å². The molecule has 0 bridgehead atoms. The lowest BCUT2D eigenvalue weighted by molar-refractivity contribution is -0.125. The van der Waals surface area contributed by atoms with Crippen LogP contribution in [0.5, 0.6) is 0 Å². The molecule has 0 atom stereocenters. The Kier molecular flexibility index (Phi) is 11.5. The van der Waals surface area contributed by atoms with Gasteiger partial charge in [0.25, 0.3) is 0 Å². The van der Waals surface area contributed by atoms with Gasteiger partial charge in [-0.05, 0) is 52.4 Å².